The van der Waals surface area contributed by atoms with E-state index < -0.39 is 0 Å². The summed E-state index contributed by atoms with van der Waals surface area (Å²) >= 11 is 7.43. The van der Waals surface area contributed by atoms with Crippen LogP contribution < -0.4 is 5.32 Å². The average Bonchev–Trinajstić information content (AvgIpc) is 2.64. The van der Waals surface area contributed by atoms with E-state index >= 15 is 0 Å². The highest BCUT2D eigenvalue weighted by atomic mass is 35.5. The van der Waals surface area contributed by atoms with Crippen LogP contribution in [-0.2, 0) is 16.1 Å². The molecule has 3 nitrogen and oxygen atoms in total. The molecule has 0 unspecified atom stereocenters. The summed E-state index contributed by atoms with van der Waals surface area (Å²) in [4.78, 5) is 12.2. The van der Waals surface area contributed by atoms with Gasteiger partial charge in [-0.1, -0.05) is 11.6 Å². The lowest BCUT2D eigenvalue weighted by atomic mass is 10.3. The van der Waals surface area contributed by atoms with E-state index in [1.807, 2.05) is 18.4 Å². The van der Waals surface area contributed by atoms with Gasteiger partial charge >= 0.3 is 5.97 Å². The Hall–Kier alpha value is -0.580. The first-order valence-electron chi connectivity index (χ1n) is 5.31. The Morgan fingerprint density at radius 1 is 1.62 bits per heavy atom. The van der Waals surface area contributed by atoms with Crippen LogP contribution in [0.3, 0.4) is 0 Å². The second-order valence-corrected chi connectivity index (χ2v) is 4.75. The Bertz CT molecular complexity index is 328. The molecule has 0 aliphatic heterocycles. The van der Waals surface area contributed by atoms with E-state index in [2.05, 4.69) is 5.32 Å². The molecule has 0 saturated heterocycles. The monoisotopic (exact) mass is 261 g/mol. The summed E-state index contributed by atoms with van der Waals surface area (Å²) < 4.78 is 4.83. The first-order valence-corrected chi connectivity index (χ1v) is 6.57. The van der Waals surface area contributed by atoms with Crippen molar-refractivity contribution >= 4 is 28.9 Å². The van der Waals surface area contributed by atoms with Gasteiger partial charge in [-0.15, -0.1) is 11.3 Å². The molecule has 0 atom stereocenters. The fourth-order valence-corrected chi connectivity index (χ4v) is 2.29. The summed E-state index contributed by atoms with van der Waals surface area (Å²) in [5, 5.41) is 5.96. The Morgan fingerprint density at radius 3 is 3.06 bits per heavy atom. The number of halogens is 1. The number of hydrogen-bond acceptors (Lipinski definition) is 4. The molecule has 0 saturated carbocycles. The molecule has 90 valence electrons. The summed E-state index contributed by atoms with van der Waals surface area (Å²) in [5.74, 6) is -0.122. The highest BCUT2D eigenvalue weighted by molar-refractivity contribution is 7.10. The third-order valence-corrected chi connectivity index (χ3v) is 3.25. The standard InChI is InChI=1S/C11H16ClNO2S/c1-2-15-11(14)4-3-5-13-7-10-6-9(12)8-16-10/h6,8,13H,2-5,7H2,1H3. The zero-order chi connectivity index (χ0) is 11.8. The van der Waals surface area contributed by atoms with E-state index in [9.17, 15) is 4.79 Å². The van der Waals surface area contributed by atoms with Crippen LogP contribution in [0.5, 0.6) is 0 Å². The highest BCUT2D eigenvalue weighted by Gasteiger charge is 2.01. The summed E-state index contributed by atoms with van der Waals surface area (Å²) in [5.41, 5.74) is 0. The number of thiophene rings is 1. The number of nitrogens with one attached hydrogen (secondary N) is 1. The molecule has 0 aliphatic carbocycles. The Labute approximate surface area is 105 Å². The summed E-state index contributed by atoms with van der Waals surface area (Å²) in [6.45, 7) is 3.89. The maximum absolute atomic E-state index is 11.0. The molecule has 0 bridgehead atoms. The molecule has 1 N–H and O–H groups in total. The lowest BCUT2D eigenvalue weighted by Crippen LogP contribution is -2.15. The average molecular weight is 262 g/mol. The van der Waals surface area contributed by atoms with Gasteiger partial charge in [0.1, 0.15) is 0 Å². The number of esters is 1. The quantitative estimate of drug-likeness (QED) is 0.606. The molecular formula is C11H16ClNO2S. The fraction of sp³-hybridized carbons (Fsp3) is 0.545. The van der Waals surface area contributed by atoms with Crippen molar-refractivity contribution in [3.8, 4) is 0 Å². The van der Waals surface area contributed by atoms with Gasteiger partial charge < -0.3 is 10.1 Å². The molecule has 0 fully saturated rings. The van der Waals surface area contributed by atoms with Gasteiger partial charge in [0.2, 0.25) is 0 Å². The van der Waals surface area contributed by atoms with Crippen molar-refractivity contribution in [1.29, 1.82) is 0 Å². The predicted molar refractivity (Wildman–Crippen MR) is 66.9 cm³/mol. The Balaban J connectivity index is 2.02. The van der Waals surface area contributed by atoms with E-state index in [0.717, 1.165) is 24.5 Å². The minimum absolute atomic E-state index is 0.122. The van der Waals surface area contributed by atoms with Gasteiger partial charge in [0.25, 0.3) is 0 Å². The highest BCUT2D eigenvalue weighted by Crippen LogP contribution is 2.18. The van der Waals surface area contributed by atoms with Crippen molar-refractivity contribution in [2.75, 3.05) is 13.2 Å². The molecular weight excluding hydrogens is 246 g/mol. The summed E-state index contributed by atoms with van der Waals surface area (Å²) in [6.07, 6.45) is 1.28. The van der Waals surface area contributed by atoms with Crippen LogP contribution in [0.2, 0.25) is 5.02 Å². The number of hydrogen-bond donors (Lipinski definition) is 1. The van der Waals surface area contributed by atoms with Gasteiger partial charge in [-0.2, -0.15) is 0 Å². The molecule has 16 heavy (non-hydrogen) atoms. The topological polar surface area (TPSA) is 38.3 Å². The molecule has 0 spiro atoms. The molecule has 1 heterocycles. The van der Waals surface area contributed by atoms with Gasteiger partial charge in [0, 0.05) is 23.2 Å². The Morgan fingerprint density at radius 2 is 2.44 bits per heavy atom. The molecule has 0 amide bonds. The van der Waals surface area contributed by atoms with Crippen molar-refractivity contribution in [3.63, 3.8) is 0 Å². The maximum Gasteiger partial charge on any atom is 0.305 e. The lowest BCUT2D eigenvalue weighted by Gasteiger charge is -2.03. The van der Waals surface area contributed by atoms with Crippen molar-refractivity contribution in [3.05, 3.63) is 21.3 Å². The van der Waals surface area contributed by atoms with E-state index in [0.29, 0.717) is 13.0 Å². The first-order chi connectivity index (χ1) is 7.72. The minimum Gasteiger partial charge on any atom is -0.466 e. The van der Waals surface area contributed by atoms with E-state index in [1.54, 1.807) is 11.3 Å². The zero-order valence-electron chi connectivity index (χ0n) is 9.29. The maximum atomic E-state index is 11.0. The van der Waals surface area contributed by atoms with Crippen LogP contribution in [0, 0.1) is 0 Å². The largest absolute Gasteiger partial charge is 0.466 e. The second-order valence-electron chi connectivity index (χ2n) is 3.32. The van der Waals surface area contributed by atoms with E-state index in [4.69, 9.17) is 16.3 Å². The normalized spacial score (nSPS) is 10.4. The SMILES string of the molecule is CCOC(=O)CCCNCc1cc(Cl)cs1. The van der Waals surface area contributed by atoms with Crippen LogP contribution >= 0.6 is 22.9 Å². The second kappa shape index (κ2) is 7.65. The molecule has 1 aromatic rings. The molecule has 5 heteroatoms. The predicted octanol–water partition coefficient (Wildman–Crippen LogP) is 2.83. The van der Waals surface area contributed by atoms with E-state index in [1.165, 1.54) is 4.88 Å². The van der Waals surface area contributed by atoms with Crippen LogP contribution in [0.1, 0.15) is 24.6 Å². The van der Waals surface area contributed by atoms with Crippen molar-refractivity contribution in [2.24, 2.45) is 0 Å². The van der Waals surface area contributed by atoms with Crippen molar-refractivity contribution in [1.82, 2.24) is 5.32 Å². The molecule has 0 radical (unpaired) electrons. The molecule has 1 rings (SSSR count). The Kier molecular flexibility index (Phi) is 6.45. The number of rotatable bonds is 7. The summed E-state index contributed by atoms with van der Waals surface area (Å²) in [6, 6.07) is 1.95. The van der Waals surface area contributed by atoms with E-state index in [-0.39, 0.29) is 5.97 Å². The van der Waals surface area contributed by atoms with Crippen LogP contribution in [0.4, 0.5) is 0 Å². The van der Waals surface area contributed by atoms with Crippen molar-refractivity contribution in [2.45, 2.75) is 26.3 Å². The fourth-order valence-electron chi connectivity index (χ4n) is 1.25. The van der Waals surface area contributed by atoms with Gasteiger partial charge in [0.05, 0.1) is 11.6 Å². The van der Waals surface area contributed by atoms with Crippen LogP contribution in [0.25, 0.3) is 0 Å². The minimum atomic E-state index is -0.122. The smallest absolute Gasteiger partial charge is 0.305 e. The third-order valence-electron chi connectivity index (χ3n) is 1.96. The van der Waals surface area contributed by atoms with Crippen molar-refractivity contribution < 1.29 is 9.53 Å². The van der Waals surface area contributed by atoms with Gasteiger partial charge in [0.15, 0.2) is 0 Å². The van der Waals surface area contributed by atoms with Crippen LogP contribution in [-0.4, -0.2) is 19.1 Å². The van der Waals surface area contributed by atoms with Crippen LogP contribution in [0.15, 0.2) is 11.4 Å². The van der Waals surface area contributed by atoms with Gasteiger partial charge in [-0.25, -0.2) is 0 Å². The number of carbonyl (C=O) groups excluding carboxylic acids is 1. The number of carbonyl (C=O) groups is 1. The molecule has 0 aliphatic rings. The third kappa shape index (κ3) is 5.49. The van der Waals surface area contributed by atoms with Gasteiger partial charge in [-0.3, -0.25) is 4.79 Å². The lowest BCUT2D eigenvalue weighted by molar-refractivity contribution is -0.143. The zero-order valence-corrected chi connectivity index (χ0v) is 10.9. The molecule has 1 aromatic heterocycles. The first kappa shape index (κ1) is 13.5. The summed E-state index contributed by atoms with van der Waals surface area (Å²) in [7, 11) is 0. The van der Waals surface area contributed by atoms with Gasteiger partial charge in [-0.05, 0) is 26.0 Å². The molecule has 0 aromatic carbocycles. The number of ether oxygens (including phenoxy) is 1.